The molecule has 1 aromatic rings. The molecule has 0 bridgehead atoms. The molecule has 1 unspecified atom stereocenters. The van der Waals surface area contributed by atoms with Gasteiger partial charge in [0.1, 0.15) is 0 Å². The largest absolute Gasteiger partial charge is 0.315 e. The standard InChI is InChI=1S/C16H24Cl2N2/c1-2-8-19-11-15-5-3-4-9-20(15)12-13-6-7-14(17)10-16(13)18/h6-7,10,15,19H,2-5,8-9,11-12H2,1H3. The van der Waals surface area contributed by atoms with E-state index >= 15 is 0 Å². The molecule has 0 aromatic heterocycles. The van der Waals surface area contributed by atoms with Crippen molar-refractivity contribution < 1.29 is 0 Å². The summed E-state index contributed by atoms with van der Waals surface area (Å²) >= 11 is 12.3. The third-order valence-electron chi connectivity index (χ3n) is 3.94. The van der Waals surface area contributed by atoms with Gasteiger partial charge in [-0.1, -0.05) is 42.6 Å². The second-order valence-electron chi connectivity index (χ2n) is 5.56. The van der Waals surface area contributed by atoms with Crippen LogP contribution in [-0.2, 0) is 6.54 Å². The molecule has 2 nitrogen and oxygen atoms in total. The second-order valence-corrected chi connectivity index (χ2v) is 6.40. The van der Waals surface area contributed by atoms with Crippen molar-refractivity contribution in [2.75, 3.05) is 19.6 Å². The number of nitrogens with one attached hydrogen (secondary N) is 1. The molecule has 1 saturated heterocycles. The third-order valence-corrected chi connectivity index (χ3v) is 4.53. The van der Waals surface area contributed by atoms with Crippen molar-refractivity contribution in [1.82, 2.24) is 10.2 Å². The van der Waals surface area contributed by atoms with E-state index in [4.69, 9.17) is 23.2 Å². The van der Waals surface area contributed by atoms with Crippen LogP contribution < -0.4 is 5.32 Å². The lowest BCUT2D eigenvalue weighted by molar-refractivity contribution is 0.137. The number of hydrogen-bond acceptors (Lipinski definition) is 2. The van der Waals surface area contributed by atoms with Crippen molar-refractivity contribution in [1.29, 1.82) is 0 Å². The maximum absolute atomic E-state index is 6.30. The van der Waals surface area contributed by atoms with Gasteiger partial charge in [0.05, 0.1) is 0 Å². The summed E-state index contributed by atoms with van der Waals surface area (Å²) < 4.78 is 0. The summed E-state index contributed by atoms with van der Waals surface area (Å²) in [6, 6.07) is 6.45. The number of hydrogen-bond donors (Lipinski definition) is 1. The number of benzene rings is 1. The molecule has 1 aliphatic rings. The highest BCUT2D eigenvalue weighted by atomic mass is 35.5. The minimum Gasteiger partial charge on any atom is -0.315 e. The molecule has 112 valence electrons. The first-order chi connectivity index (χ1) is 9.70. The van der Waals surface area contributed by atoms with Gasteiger partial charge in [0.2, 0.25) is 0 Å². The Labute approximate surface area is 132 Å². The number of halogens is 2. The highest BCUT2D eigenvalue weighted by molar-refractivity contribution is 6.35. The smallest absolute Gasteiger partial charge is 0.0465 e. The van der Waals surface area contributed by atoms with Gasteiger partial charge in [-0.3, -0.25) is 4.90 Å². The van der Waals surface area contributed by atoms with Crippen LogP contribution in [0.15, 0.2) is 18.2 Å². The fourth-order valence-corrected chi connectivity index (χ4v) is 3.28. The number of rotatable bonds is 6. The Morgan fingerprint density at radius 3 is 2.90 bits per heavy atom. The van der Waals surface area contributed by atoms with Gasteiger partial charge in [-0.15, -0.1) is 0 Å². The Morgan fingerprint density at radius 2 is 2.15 bits per heavy atom. The van der Waals surface area contributed by atoms with E-state index in [2.05, 4.69) is 23.2 Å². The van der Waals surface area contributed by atoms with Crippen LogP contribution in [-0.4, -0.2) is 30.6 Å². The van der Waals surface area contributed by atoms with Gasteiger partial charge in [-0.2, -0.15) is 0 Å². The van der Waals surface area contributed by atoms with Crippen LogP contribution in [0.5, 0.6) is 0 Å². The minimum atomic E-state index is 0.627. The molecular weight excluding hydrogens is 291 g/mol. The average Bonchev–Trinajstić information content (AvgIpc) is 2.44. The zero-order chi connectivity index (χ0) is 14.4. The van der Waals surface area contributed by atoms with Crippen LogP contribution in [0.3, 0.4) is 0 Å². The molecule has 0 aliphatic carbocycles. The Kier molecular flexibility index (Phi) is 6.63. The molecule has 4 heteroatoms. The number of likely N-dealkylation sites (tertiary alicyclic amines) is 1. The van der Waals surface area contributed by atoms with E-state index in [-0.39, 0.29) is 0 Å². The van der Waals surface area contributed by atoms with Crippen molar-refractivity contribution in [3.63, 3.8) is 0 Å². The molecule has 0 spiro atoms. The summed E-state index contributed by atoms with van der Waals surface area (Å²) in [4.78, 5) is 2.56. The molecule has 0 amide bonds. The Bertz CT molecular complexity index is 423. The van der Waals surface area contributed by atoms with Gasteiger partial charge in [0.25, 0.3) is 0 Å². The molecule has 0 radical (unpaired) electrons. The van der Waals surface area contributed by atoms with Gasteiger partial charge >= 0.3 is 0 Å². The summed E-state index contributed by atoms with van der Waals surface area (Å²) in [7, 11) is 0. The lowest BCUT2D eigenvalue weighted by Crippen LogP contribution is -2.45. The van der Waals surface area contributed by atoms with Crippen LogP contribution in [0.2, 0.25) is 10.0 Å². The van der Waals surface area contributed by atoms with E-state index in [0.29, 0.717) is 11.1 Å². The Balaban J connectivity index is 1.97. The first kappa shape index (κ1) is 16.1. The predicted molar refractivity (Wildman–Crippen MR) is 87.7 cm³/mol. The molecule has 1 aromatic carbocycles. The summed E-state index contributed by atoms with van der Waals surface area (Å²) in [5.41, 5.74) is 1.18. The van der Waals surface area contributed by atoms with Gasteiger partial charge in [0.15, 0.2) is 0 Å². The van der Waals surface area contributed by atoms with E-state index in [1.54, 1.807) is 0 Å². The molecule has 20 heavy (non-hydrogen) atoms. The lowest BCUT2D eigenvalue weighted by atomic mass is 10.0. The van der Waals surface area contributed by atoms with Crippen molar-refractivity contribution >= 4 is 23.2 Å². The SMILES string of the molecule is CCCNCC1CCCCN1Cc1ccc(Cl)cc1Cl. The van der Waals surface area contributed by atoms with Crippen molar-refractivity contribution in [3.8, 4) is 0 Å². The highest BCUT2D eigenvalue weighted by Crippen LogP contribution is 2.25. The monoisotopic (exact) mass is 314 g/mol. The average molecular weight is 315 g/mol. The summed E-state index contributed by atoms with van der Waals surface area (Å²) in [6.45, 7) is 6.48. The van der Waals surface area contributed by atoms with Crippen molar-refractivity contribution in [2.24, 2.45) is 0 Å². The van der Waals surface area contributed by atoms with E-state index < -0.39 is 0 Å². The van der Waals surface area contributed by atoms with Crippen molar-refractivity contribution in [2.45, 2.75) is 45.2 Å². The molecule has 1 N–H and O–H groups in total. The fourth-order valence-electron chi connectivity index (χ4n) is 2.81. The van der Waals surface area contributed by atoms with Gasteiger partial charge in [-0.25, -0.2) is 0 Å². The van der Waals surface area contributed by atoms with Gasteiger partial charge in [0, 0.05) is 29.2 Å². The van der Waals surface area contributed by atoms with Crippen LogP contribution in [0, 0.1) is 0 Å². The second kappa shape index (κ2) is 8.23. The Hall–Kier alpha value is -0.280. The van der Waals surface area contributed by atoms with Crippen LogP contribution >= 0.6 is 23.2 Å². The van der Waals surface area contributed by atoms with Gasteiger partial charge in [-0.05, 0) is 50.0 Å². The molecule has 1 heterocycles. The summed E-state index contributed by atoms with van der Waals surface area (Å²) in [5.74, 6) is 0. The molecule has 1 fully saturated rings. The van der Waals surface area contributed by atoms with E-state index in [9.17, 15) is 0 Å². The van der Waals surface area contributed by atoms with E-state index in [1.807, 2.05) is 12.1 Å². The van der Waals surface area contributed by atoms with Crippen molar-refractivity contribution in [3.05, 3.63) is 33.8 Å². The van der Waals surface area contributed by atoms with E-state index in [1.165, 1.54) is 31.2 Å². The zero-order valence-electron chi connectivity index (χ0n) is 12.2. The maximum atomic E-state index is 6.30. The zero-order valence-corrected chi connectivity index (χ0v) is 13.7. The molecule has 0 saturated carbocycles. The number of piperidine rings is 1. The highest BCUT2D eigenvalue weighted by Gasteiger charge is 2.22. The van der Waals surface area contributed by atoms with Gasteiger partial charge < -0.3 is 5.32 Å². The molecule has 1 aliphatic heterocycles. The fraction of sp³-hybridized carbons (Fsp3) is 0.625. The first-order valence-electron chi connectivity index (χ1n) is 7.59. The topological polar surface area (TPSA) is 15.3 Å². The number of nitrogens with zero attached hydrogens (tertiary/aromatic N) is 1. The molecular formula is C16H24Cl2N2. The summed E-state index contributed by atoms with van der Waals surface area (Å²) in [6.07, 6.45) is 5.09. The van der Waals surface area contributed by atoms with E-state index in [0.717, 1.165) is 31.2 Å². The minimum absolute atomic E-state index is 0.627. The van der Waals surface area contributed by atoms with Crippen LogP contribution in [0.1, 0.15) is 38.2 Å². The maximum Gasteiger partial charge on any atom is 0.0465 e. The lowest BCUT2D eigenvalue weighted by Gasteiger charge is -2.36. The van der Waals surface area contributed by atoms with Crippen LogP contribution in [0.25, 0.3) is 0 Å². The third kappa shape index (κ3) is 4.63. The first-order valence-corrected chi connectivity index (χ1v) is 8.35. The van der Waals surface area contributed by atoms with Crippen LogP contribution in [0.4, 0.5) is 0 Å². The predicted octanol–water partition coefficient (Wildman–Crippen LogP) is 4.35. The molecule has 2 rings (SSSR count). The normalized spacial score (nSPS) is 20.2. The quantitative estimate of drug-likeness (QED) is 0.785. The summed E-state index contributed by atoms with van der Waals surface area (Å²) in [5, 5.41) is 5.04. The Morgan fingerprint density at radius 1 is 1.30 bits per heavy atom. The molecule has 1 atom stereocenters.